The molecule has 2 heterocycles. The summed E-state index contributed by atoms with van der Waals surface area (Å²) in [6, 6.07) is 14.3. The van der Waals surface area contributed by atoms with Crippen LogP contribution in [0, 0.1) is 5.92 Å². The summed E-state index contributed by atoms with van der Waals surface area (Å²) < 4.78 is 0. The third-order valence-electron chi connectivity index (χ3n) is 6.88. The Hall–Kier alpha value is -1.59. The molecule has 4 rings (SSSR count). The van der Waals surface area contributed by atoms with E-state index in [9.17, 15) is 4.79 Å². The van der Waals surface area contributed by atoms with Crippen LogP contribution in [0.3, 0.4) is 0 Å². The van der Waals surface area contributed by atoms with Crippen LogP contribution in [0.15, 0.2) is 42.5 Å². The van der Waals surface area contributed by atoms with Gasteiger partial charge in [0.2, 0.25) is 5.91 Å². The van der Waals surface area contributed by atoms with Crippen LogP contribution in [0.5, 0.6) is 0 Å². The first-order valence-corrected chi connectivity index (χ1v) is 13.1. The van der Waals surface area contributed by atoms with E-state index in [-0.39, 0.29) is 11.8 Å². The number of amides is 1. The SMILES string of the molecule is O=C(NCc1cccc(CN2CCCCCC2)c1)C1CCCN(Cc2c(Cl)cccc2Cl)C1. The van der Waals surface area contributed by atoms with Gasteiger partial charge >= 0.3 is 0 Å². The van der Waals surface area contributed by atoms with Gasteiger partial charge in [0.15, 0.2) is 0 Å². The summed E-state index contributed by atoms with van der Waals surface area (Å²) in [5.41, 5.74) is 3.46. The standard InChI is InChI=1S/C27H35Cl2N3O/c28-25-11-6-12-26(29)24(25)20-32-15-7-10-23(19-32)27(33)30-17-21-8-5-9-22(16-21)18-31-13-3-1-2-4-14-31/h5-6,8-9,11-12,16,23H,1-4,7,10,13-15,17-20H2,(H,30,33). The minimum atomic E-state index is 0.000274. The molecule has 2 aromatic rings. The highest BCUT2D eigenvalue weighted by Gasteiger charge is 2.26. The molecule has 0 aliphatic carbocycles. The van der Waals surface area contributed by atoms with Crippen LogP contribution in [0.25, 0.3) is 0 Å². The summed E-state index contributed by atoms with van der Waals surface area (Å²) >= 11 is 12.7. The number of hydrogen-bond acceptors (Lipinski definition) is 3. The molecule has 0 aromatic heterocycles. The predicted molar refractivity (Wildman–Crippen MR) is 136 cm³/mol. The molecule has 178 valence electrons. The quantitative estimate of drug-likeness (QED) is 0.527. The second-order valence-corrected chi connectivity index (χ2v) is 10.3. The first-order valence-electron chi connectivity index (χ1n) is 12.3. The highest BCUT2D eigenvalue weighted by atomic mass is 35.5. The molecule has 1 atom stereocenters. The van der Waals surface area contributed by atoms with Crippen LogP contribution >= 0.6 is 23.2 Å². The summed E-state index contributed by atoms with van der Waals surface area (Å²) in [7, 11) is 0. The van der Waals surface area contributed by atoms with E-state index in [0.717, 1.165) is 38.0 Å². The third-order valence-corrected chi connectivity index (χ3v) is 7.59. The Balaban J connectivity index is 1.28. The average molecular weight is 489 g/mol. The summed E-state index contributed by atoms with van der Waals surface area (Å²) in [4.78, 5) is 17.8. The molecule has 0 bridgehead atoms. The minimum absolute atomic E-state index is 0.000274. The van der Waals surface area contributed by atoms with Crippen molar-refractivity contribution in [2.75, 3.05) is 26.2 Å². The van der Waals surface area contributed by atoms with Crippen molar-refractivity contribution in [1.29, 1.82) is 0 Å². The molecule has 0 saturated carbocycles. The lowest BCUT2D eigenvalue weighted by Crippen LogP contribution is -2.42. The number of piperidine rings is 1. The monoisotopic (exact) mass is 487 g/mol. The van der Waals surface area contributed by atoms with Crippen LogP contribution in [0.2, 0.25) is 10.0 Å². The molecule has 2 aliphatic heterocycles. The van der Waals surface area contributed by atoms with Crippen LogP contribution < -0.4 is 5.32 Å². The van der Waals surface area contributed by atoms with Crippen molar-refractivity contribution in [1.82, 2.24) is 15.1 Å². The first kappa shape index (κ1) is 24.5. The van der Waals surface area contributed by atoms with E-state index >= 15 is 0 Å². The summed E-state index contributed by atoms with van der Waals surface area (Å²) in [6.07, 6.45) is 7.24. The van der Waals surface area contributed by atoms with Crippen molar-refractivity contribution in [3.8, 4) is 0 Å². The van der Waals surface area contributed by atoms with Gasteiger partial charge in [-0.1, -0.05) is 66.4 Å². The number of benzene rings is 2. The maximum atomic E-state index is 12.9. The first-order chi connectivity index (χ1) is 16.1. The molecule has 2 fully saturated rings. The van der Waals surface area contributed by atoms with Crippen molar-refractivity contribution < 1.29 is 4.79 Å². The lowest BCUT2D eigenvalue weighted by Gasteiger charge is -2.32. The molecular weight excluding hydrogens is 453 g/mol. The Bertz CT molecular complexity index is 907. The van der Waals surface area contributed by atoms with Gasteiger partial charge in [-0.2, -0.15) is 0 Å². The molecule has 0 spiro atoms. The fraction of sp³-hybridized carbons (Fsp3) is 0.519. The lowest BCUT2D eigenvalue weighted by molar-refractivity contribution is -0.126. The fourth-order valence-corrected chi connectivity index (χ4v) is 5.56. The molecule has 2 saturated heterocycles. The smallest absolute Gasteiger partial charge is 0.224 e. The van der Waals surface area contributed by atoms with Crippen molar-refractivity contribution in [2.45, 2.75) is 58.2 Å². The molecule has 4 nitrogen and oxygen atoms in total. The zero-order valence-electron chi connectivity index (χ0n) is 19.4. The fourth-order valence-electron chi connectivity index (χ4n) is 5.04. The lowest BCUT2D eigenvalue weighted by atomic mass is 9.96. The Kier molecular flexibility index (Phi) is 9.08. The van der Waals surface area contributed by atoms with E-state index in [1.54, 1.807) is 0 Å². The summed E-state index contributed by atoms with van der Waals surface area (Å²) in [5.74, 6) is 0.142. The van der Waals surface area contributed by atoms with E-state index in [4.69, 9.17) is 23.2 Å². The van der Waals surface area contributed by atoms with Gasteiger partial charge in [0.25, 0.3) is 0 Å². The zero-order chi connectivity index (χ0) is 23.0. The normalized spacial score (nSPS) is 20.4. The van der Waals surface area contributed by atoms with Gasteiger partial charge in [-0.05, 0) is 68.6 Å². The van der Waals surface area contributed by atoms with Crippen LogP contribution in [0.4, 0.5) is 0 Å². The largest absolute Gasteiger partial charge is 0.352 e. The molecule has 33 heavy (non-hydrogen) atoms. The Morgan fingerprint density at radius 1 is 0.848 bits per heavy atom. The minimum Gasteiger partial charge on any atom is -0.352 e. The number of nitrogens with one attached hydrogen (secondary N) is 1. The molecule has 1 amide bonds. The number of likely N-dealkylation sites (tertiary alicyclic amines) is 2. The molecular formula is C27H35Cl2N3O. The molecule has 0 radical (unpaired) electrons. The van der Waals surface area contributed by atoms with Gasteiger partial charge in [0.1, 0.15) is 0 Å². The van der Waals surface area contributed by atoms with Gasteiger partial charge in [0, 0.05) is 41.8 Å². The Labute approximate surface area is 208 Å². The number of carbonyl (C=O) groups excluding carboxylic acids is 1. The van der Waals surface area contributed by atoms with Crippen molar-refractivity contribution >= 4 is 29.1 Å². The summed E-state index contributed by atoms with van der Waals surface area (Å²) in [6.45, 7) is 6.35. The van der Waals surface area contributed by atoms with E-state index in [0.29, 0.717) is 23.1 Å². The summed E-state index contributed by atoms with van der Waals surface area (Å²) in [5, 5.41) is 4.56. The van der Waals surface area contributed by atoms with E-state index in [1.165, 1.54) is 49.9 Å². The zero-order valence-corrected chi connectivity index (χ0v) is 20.9. The van der Waals surface area contributed by atoms with E-state index in [2.05, 4.69) is 39.4 Å². The second-order valence-electron chi connectivity index (χ2n) is 9.50. The van der Waals surface area contributed by atoms with Crippen molar-refractivity contribution in [3.05, 3.63) is 69.2 Å². The molecule has 1 N–H and O–H groups in total. The Morgan fingerprint density at radius 2 is 1.52 bits per heavy atom. The molecule has 2 aliphatic rings. The third kappa shape index (κ3) is 7.19. The van der Waals surface area contributed by atoms with Gasteiger partial charge in [-0.25, -0.2) is 0 Å². The number of halogens is 2. The van der Waals surface area contributed by atoms with Crippen LogP contribution in [-0.2, 0) is 24.4 Å². The molecule has 1 unspecified atom stereocenters. The predicted octanol–water partition coefficient (Wildman–Crippen LogP) is 5.90. The van der Waals surface area contributed by atoms with Gasteiger partial charge in [0.05, 0.1) is 5.92 Å². The Morgan fingerprint density at radius 3 is 2.27 bits per heavy atom. The highest BCUT2D eigenvalue weighted by molar-refractivity contribution is 6.35. The number of hydrogen-bond donors (Lipinski definition) is 1. The molecule has 2 aromatic carbocycles. The van der Waals surface area contributed by atoms with Gasteiger partial charge in [-0.3, -0.25) is 14.6 Å². The van der Waals surface area contributed by atoms with Crippen LogP contribution in [-0.4, -0.2) is 41.9 Å². The molecule has 6 heteroatoms. The maximum Gasteiger partial charge on any atom is 0.224 e. The van der Waals surface area contributed by atoms with E-state index in [1.807, 2.05) is 18.2 Å². The maximum absolute atomic E-state index is 12.9. The van der Waals surface area contributed by atoms with Crippen molar-refractivity contribution in [2.24, 2.45) is 5.92 Å². The second kappa shape index (κ2) is 12.2. The highest BCUT2D eigenvalue weighted by Crippen LogP contribution is 2.28. The number of carbonyl (C=O) groups is 1. The van der Waals surface area contributed by atoms with Crippen LogP contribution in [0.1, 0.15) is 55.2 Å². The topological polar surface area (TPSA) is 35.6 Å². The average Bonchev–Trinajstić information content (AvgIpc) is 3.09. The van der Waals surface area contributed by atoms with Gasteiger partial charge < -0.3 is 5.32 Å². The van der Waals surface area contributed by atoms with E-state index < -0.39 is 0 Å². The number of nitrogens with zero attached hydrogens (tertiary/aromatic N) is 2. The van der Waals surface area contributed by atoms with Gasteiger partial charge in [-0.15, -0.1) is 0 Å². The van der Waals surface area contributed by atoms with Crippen molar-refractivity contribution in [3.63, 3.8) is 0 Å². The number of rotatable bonds is 7.